The molecule has 3 nitrogen and oxygen atoms in total. The first kappa shape index (κ1) is 9.20. The number of carbonyl (C=O) groups excluding carboxylic acids is 1. The van der Waals surface area contributed by atoms with Gasteiger partial charge in [0.1, 0.15) is 5.82 Å². The van der Waals surface area contributed by atoms with Crippen molar-refractivity contribution in [3.63, 3.8) is 0 Å². The SMILES string of the molecule is [C-]#[N+]CC(=O)Nc1ccc(F)cc1. The van der Waals surface area contributed by atoms with Crippen LogP contribution in [0, 0.1) is 12.4 Å². The summed E-state index contributed by atoms with van der Waals surface area (Å²) in [6.07, 6.45) is 0. The summed E-state index contributed by atoms with van der Waals surface area (Å²) < 4.78 is 12.4. The van der Waals surface area contributed by atoms with Crippen LogP contribution in [0.15, 0.2) is 24.3 Å². The molecule has 0 spiro atoms. The van der Waals surface area contributed by atoms with E-state index in [9.17, 15) is 9.18 Å². The van der Waals surface area contributed by atoms with E-state index in [1.54, 1.807) is 0 Å². The molecular formula is C9H7FN2O. The Balaban J connectivity index is 2.60. The van der Waals surface area contributed by atoms with E-state index in [1.165, 1.54) is 24.3 Å². The van der Waals surface area contributed by atoms with Crippen LogP contribution in [0.3, 0.4) is 0 Å². The Bertz CT molecular complexity index is 340. The summed E-state index contributed by atoms with van der Waals surface area (Å²) >= 11 is 0. The molecular weight excluding hydrogens is 171 g/mol. The second-order valence-electron chi connectivity index (χ2n) is 2.37. The highest BCUT2D eigenvalue weighted by Gasteiger charge is 2.03. The first-order valence-electron chi connectivity index (χ1n) is 3.61. The van der Waals surface area contributed by atoms with E-state index in [-0.39, 0.29) is 18.3 Å². The topological polar surface area (TPSA) is 33.5 Å². The molecule has 1 aromatic rings. The first-order valence-corrected chi connectivity index (χ1v) is 3.61. The Labute approximate surface area is 75.0 Å². The minimum absolute atomic E-state index is 0.211. The van der Waals surface area contributed by atoms with Gasteiger partial charge in [0, 0.05) is 5.69 Å². The number of carbonyl (C=O) groups is 1. The van der Waals surface area contributed by atoms with Crippen LogP contribution in [0.5, 0.6) is 0 Å². The zero-order valence-corrected chi connectivity index (χ0v) is 6.75. The molecule has 0 aliphatic rings. The smallest absolute Gasteiger partial charge is 0.304 e. The Morgan fingerprint density at radius 1 is 1.46 bits per heavy atom. The lowest BCUT2D eigenvalue weighted by atomic mass is 10.3. The average molecular weight is 178 g/mol. The van der Waals surface area contributed by atoms with Gasteiger partial charge in [-0.2, -0.15) is 0 Å². The number of hydrogen-bond acceptors (Lipinski definition) is 1. The summed E-state index contributed by atoms with van der Waals surface area (Å²) in [6.45, 7) is 6.23. The number of nitrogens with one attached hydrogen (secondary N) is 1. The zero-order chi connectivity index (χ0) is 9.68. The van der Waals surface area contributed by atoms with Gasteiger partial charge in [-0.25, -0.2) is 11.0 Å². The fourth-order valence-electron chi connectivity index (χ4n) is 0.806. The molecule has 0 unspecified atom stereocenters. The molecule has 1 N–H and O–H groups in total. The normalized spacial score (nSPS) is 8.92. The van der Waals surface area contributed by atoms with Gasteiger partial charge in [-0.3, -0.25) is 4.79 Å². The molecule has 66 valence electrons. The van der Waals surface area contributed by atoms with Crippen LogP contribution in [0.25, 0.3) is 4.85 Å². The van der Waals surface area contributed by atoms with Crippen molar-refractivity contribution in [2.24, 2.45) is 0 Å². The molecule has 4 heteroatoms. The minimum Gasteiger partial charge on any atom is -0.320 e. The van der Waals surface area contributed by atoms with E-state index in [0.29, 0.717) is 5.69 Å². The predicted molar refractivity (Wildman–Crippen MR) is 46.5 cm³/mol. The van der Waals surface area contributed by atoms with E-state index < -0.39 is 0 Å². The summed E-state index contributed by atoms with van der Waals surface area (Å²) in [4.78, 5) is 13.8. The summed E-state index contributed by atoms with van der Waals surface area (Å²) in [5.41, 5.74) is 0.495. The lowest BCUT2D eigenvalue weighted by Crippen LogP contribution is -2.13. The first-order chi connectivity index (χ1) is 6.22. The molecule has 1 aromatic carbocycles. The monoisotopic (exact) mass is 178 g/mol. The van der Waals surface area contributed by atoms with E-state index in [0.717, 1.165) is 0 Å². The molecule has 0 fully saturated rings. The lowest BCUT2D eigenvalue weighted by molar-refractivity contribution is -0.114. The molecule has 0 aliphatic heterocycles. The number of halogens is 1. The van der Waals surface area contributed by atoms with Gasteiger partial charge < -0.3 is 10.2 Å². The van der Waals surface area contributed by atoms with Crippen molar-refractivity contribution < 1.29 is 9.18 Å². The number of rotatable bonds is 2. The maximum absolute atomic E-state index is 12.4. The maximum atomic E-state index is 12.4. The number of anilines is 1. The van der Waals surface area contributed by atoms with Crippen molar-refractivity contribution in [2.75, 3.05) is 11.9 Å². The van der Waals surface area contributed by atoms with Crippen LogP contribution < -0.4 is 5.32 Å². The van der Waals surface area contributed by atoms with Crippen molar-refractivity contribution in [1.82, 2.24) is 0 Å². The summed E-state index contributed by atoms with van der Waals surface area (Å²) in [5, 5.41) is 2.45. The number of benzene rings is 1. The zero-order valence-electron chi connectivity index (χ0n) is 6.75. The molecule has 0 saturated heterocycles. The Morgan fingerprint density at radius 3 is 2.62 bits per heavy atom. The molecule has 0 bridgehead atoms. The van der Waals surface area contributed by atoms with Crippen LogP contribution in [-0.4, -0.2) is 12.5 Å². The van der Waals surface area contributed by atoms with Crippen molar-refractivity contribution >= 4 is 11.6 Å². The van der Waals surface area contributed by atoms with Crippen molar-refractivity contribution in [3.8, 4) is 0 Å². The van der Waals surface area contributed by atoms with Crippen molar-refractivity contribution in [1.29, 1.82) is 0 Å². The highest BCUT2D eigenvalue weighted by Crippen LogP contribution is 2.07. The Morgan fingerprint density at radius 2 is 2.08 bits per heavy atom. The molecule has 0 aliphatic carbocycles. The highest BCUT2D eigenvalue weighted by atomic mass is 19.1. The molecule has 13 heavy (non-hydrogen) atoms. The van der Waals surface area contributed by atoms with E-state index in [2.05, 4.69) is 10.2 Å². The largest absolute Gasteiger partial charge is 0.320 e. The van der Waals surface area contributed by atoms with Gasteiger partial charge in [0.05, 0.1) is 0 Å². The Hall–Kier alpha value is -1.89. The van der Waals surface area contributed by atoms with E-state index >= 15 is 0 Å². The van der Waals surface area contributed by atoms with Crippen LogP contribution in [0.1, 0.15) is 0 Å². The third-order valence-electron chi connectivity index (χ3n) is 1.35. The lowest BCUT2D eigenvalue weighted by Gasteiger charge is -1.99. The van der Waals surface area contributed by atoms with Gasteiger partial charge in [-0.1, -0.05) is 0 Å². The number of nitrogens with zero attached hydrogens (tertiary/aromatic N) is 1. The molecule has 1 amide bonds. The average Bonchev–Trinajstić information content (AvgIpc) is 2.09. The summed E-state index contributed by atoms with van der Waals surface area (Å²) in [5.74, 6) is -0.746. The standard InChI is InChI=1S/C9H7FN2O/c1-11-6-9(13)12-8-4-2-7(10)3-5-8/h2-5H,6H2,(H,12,13). The van der Waals surface area contributed by atoms with Gasteiger partial charge in [-0.15, -0.1) is 0 Å². The van der Waals surface area contributed by atoms with Gasteiger partial charge in [0.25, 0.3) is 6.54 Å². The third-order valence-corrected chi connectivity index (χ3v) is 1.35. The second kappa shape index (κ2) is 4.21. The molecule has 0 saturated carbocycles. The third kappa shape index (κ3) is 2.91. The van der Waals surface area contributed by atoms with Gasteiger partial charge >= 0.3 is 5.91 Å². The predicted octanol–water partition coefficient (Wildman–Crippen LogP) is 1.68. The Kier molecular flexibility index (Phi) is 2.98. The van der Waals surface area contributed by atoms with Crippen LogP contribution in [0.2, 0.25) is 0 Å². The fourth-order valence-corrected chi connectivity index (χ4v) is 0.806. The van der Waals surface area contributed by atoms with Crippen molar-refractivity contribution in [2.45, 2.75) is 0 Å². The van der Waals surface area contributed by atoms with E-state index in [1.807, 2.05) is 0 Å². The molecule has 0 heterocycles. The van der Waals surface area contributed by atoms with Gasteiger partial charge in [0.2, 0.25) is 0 Å². The quantitative estimate of drug-likeness (QED) is 0.687. The molecule has 0 atom stereocenters. The fraction of sp³-hybridized carbons (Fsp3) is 0.111. The van der Waals surface area contributed by atoms with Crippen molar-refractivity contribution in [3.05, 3.63) is 41.5 Å². The number of hydrogen-bond donors (Lipinski definition) is 1. The van der Waals surface area contributed by atoms with Gasteiger partial charge in [0.15, 0.2) is 0 Å². The van der Waals surface area contributed by atoms with E-state index in [4.69, 9.17) is 6.57 Å². The highest BCUT2D eigenvalue weighted by molar-refractivity contribution is 5.93. The number of amides is 1. The minimum atomic E-state index is -0.387. The summed E-state index contributed by atoms with van der Waals surface area (Å²) in [6, 6.07) is 5.37. The molecule has 1 rings (SSSR count). The molecule has 0 aromatic heterocycles. The summed E-state index contributed by atoms with van der Waals surface area (Å²) in [7, 11) is 0. The maximum Gasteiger partial charge on any atom is 0.304 e. The van der Waals surface area contributed by atoms with Crippen LogP contribution in [0.4, 0.5) is 10.1 Å². The molecule has 0 radical (unpaired) electrons. The van der Waals surface area contributed by atoms with Crippen LogP contribution >= 0.6 is 0 Å². The van der Waals surface area contributed by atoms with Gasteiger partial charge in [-0.05, 0) is 24.3 Å². The second-order valence-corrected chi connectivity index (χ2v) is 2.37. The van der Waals surface area contributed by atoms with Crippen LogP contribution in [-0.2, 0) is 4.79 Å².